The molecule has 37 heavy (non-hydrogen) atoms. The number of aliphatic hydroxyl groups excluding tert-OH is 2. The van der Waals surface area contributed by atoms with E-state index in [1.807, 2.05) is 72.8 Å². The first-order chi connectivity index (χ1) is 16.5. The molecular weight excluding hydrogens is 504 g/mol. The molecule has 7 heteroatoms. The predicted molar refractivity (Wildman–Crippen MR) is 143 cm³/mol. The van der Waals surface area contributed by atoms with Gasteiger partial charge in [-0.15, -0.1) is 0 Å². The molecule has 0 radical (unpaired) electrons. The van der Waals surface area contributed by atoms with Gasteiger partial charge in [-0.2, -0.15) is 0 Å². The monoisotopic (exact) mass is 532 g/mol. The van der Waals surface area contributed by atoms with Gasteiger partial charge in [0.25, 0.3) is 0 Å². The van der Waals surface area contributed by atoms with Gasteiger partial charge in [0.2, 0.25) is 0 Å². The van der Waals surface area contributed by atoms with Crippen molar-refractivity contribution >= 4 is 23.1 Å². The van der Waals surface area contributed by atoms with E-state index in [-0.39, 0.29) is 55.8 Å². The van der Waals surface area contributed by atoms with Gasteiger partial charge >= 0.3 is 11.6 Å². The summed E-state index contributed by atoms with van der Waals surface area (Å²) in [7, 11) is 0. The van der Waals surface area contributed by atoms with E-state index in [1.165, 1.54) is 12.2 Å². The van der Waals surface area contributed by atoms with Crippen LogP contribution in [0.15, 0.2) is 133 Å². The maximum atomic E-state index is 9.83. The second-order valence-electron chi connectivity index (χ2n) is 7.29. The Morgan fingerprint density at radius 1 is 0.432 bits per heavy atom. The van der Waals surface area contributed by atoms with Gasteiger partial charge in [-0.05, 0) is 24.3 Å². The Kier molecular flexibility index (Phi) is 15.5. The Bertz CT molecular complexity index is 1170. The zero-order valence-electron chi connectivity index (χ0n) is 19.9. The molecular formula is C30H28O6Ti. The zero-order valence-corrected chi connectivity index (χ0v) is 21.4. The van der Waals surface area contributed by atoms with Crippen molar-refractivity contribution in [3.05, 3.63) is 156 Å². The van der Waals surface area contributed by atoms with Crippen molar-refractivity contribution in [2.45, 2.75) is 0 Å². The zero-order chi connectivity index (χ0) is 24.2. The topological polar surface area (TPSA) is 143 Å². The molecule has 0 aromatic heterocycles. The van der Waals surface area contributed by atoms with Gasteiger partial charge in [-0.3, -0.25) is 9.59 Å². The van der Waals surface area contributed by atoms with Crippen molar-refractivity contribution in [2.75, 3.05) is 0 Å². The molecule has 6 nitrogen and oxygen atoms in total. The molecule has 4 aromatic carbocycles. The summed E-state index contributed by atoms with van der Waals surface area (Å²) in [5, 5.41) is 19.7. The Labute approximate surface area is 230 Å². The van der Waals surface area contributed by atoms with Crippen molar-refractivity contribution in [1.82, 2.24) is 0 Å². The Hall–Kier alpha value is -4.07. The summed E-state index contributed by atoms with van der Waals surface area (Å²) in [6.07, 6.45) is 2.70. The molecule has 0 aliphatic heterocycles. The number of ketones is 2. The average molecular weight is 532 g/mol. The van der Waals surface area contributed by atoms with Gasteiger partial charge < -0.3 is 21.2 Å². The molecule has 188 valence electrons. The van der Waals surface area contributed by atoms with Crippen molar-refractivity contribution in [2.24, 2.45) is 0 Å². The summed E-state index contributed by atoms with van der Waals surface area (Å²) >= 11 is 0. The second kappa shape index (κ2) is 17.4. The molecule has 4 rings (SSSR count). The van der Waals surface area contributed by atoms with Gasteiger partial charge in [-0.25, -0.2) is 0 Å². The molecule has 0 aliphatic carbocycles. The van der Waals surface area contributed by atoms with Crippen LogP contribution in [0, 0.1) is 0 Å². The minimum atomic E-state index is 0. The molecule has 0 unspecified atom stereocenters. The van der Waals surface area contributed by atoms with Crippen LogP contribution in [0.4, 0.5) is 0 Å². The molecule has 4 aromatic rings. The van der Waals surface area contributed by atoms with Crippen LogP contribution in [0.2, 0.25) is 0 Å². The number of hydrogen-bond acceptors (Lipinski definition) is 4. The molecule has 6 N–H and O–H groups in total. The first kappa shape index (κ1) is 32.9. The quantitative estimate of drug-likeness (QED) is 0.103. The Balaban J connectivity index is 0.000000648. The minimum Gasteiger partial charge on any atom is -0.870 e. The summed E-state index contributed by atoms with van der Waals surface area (Å²) < 4.78 is 0. The maximum Gasteiger partial charge on any atom is 0.350 e. The number of benzene rings is 4. The van der Waals surface area contributed by atoms with Crippen molar-refractivity contribution in [3.63, 3.8) is 0 Å². The van der Waals surface area contributed by atoms with E-state index in [2.05, 4.69) is 0 Å². The van der Waals surface area contributed by atoms with Gasteiger partial charge in [0.1, 0.15) is 11.5 Å². The maximum absolute atomic E-state index is 9.83. The molecule has 0 amide bonds. The fraction of sp³-hybridized carbons (Fsp3) is 0. The number of carbonyl (C=O) groups excluding carboxylic acids is 2. The van der Waals surface area contributed by atoms with E-state index in [4.69, 9.17) is 0 Å². The summed E-state index contributed by atoms with van der Waals surface area (Å²) in [6.45, 7) is 0. The number of allylic oxidation sites excluding steroid dienone is 2. The SMILES string of the molecule is O/C(=C\C(=[OH+])c1ccccc1)c1ccccc1.O/C(=C\C(=[OH+])c1ccccc1)c1ccccc1.[OH-].[OH-].[Ti]. The summed E-state index contributed by atoms with van der Waals surface area (Å²) in [5.41, 5.74) is 2.70. The van der Waals surface area contributed by atoms with Gasteiger partial charge in [0, 0.05) is 32.8 Å². The Morgan fingerprint density at radius 3 is 0.892 bits per heavy atom. The van der Waals surface area contributed by atoms with Crippen LogP contribution in [0.25, 0.3) is 11.5 Å². The fourth-order valence-corrected chi connectivity index (χ4v) is 3.03. The molecule has 0 atom stereocenters. The smallest absolute Gasteiger partial charge is 0.350 e. The molecule has 0 bridgehead atoms. The number of hydrogen-bond donors (Lipinski definition) is 2. The largest absolute Gasteiger partial charge is 0.870 e. The number of aliphatic hydroxyl groups is 2. The Morgan fingerprint density at radius 2 is 0.649 bits per heavy atom. The van der Waals surface area contributed by atoms with Crippen LogP contribution in [-0.2, 0) is 21.7 Å². The van der Waals surface area contributed by atoms with Gasteiger partial charge in [0.05, 0.1) is 23.3 Å². The van der Waals surface area contributed by atoms with E-state index in [0.29, 0.717) is 22.3 Å². The summed E-state index contributed by atoms with van der Waals surface area (Å²) in [6, 6.07) is 36.4. The first-order valence-corrected chi connectivity index (χ1v) is 10.7. The van der Waals surface area contributed by atoms with Crippen LogP contribution in [0.3, 0.4) is 0 Å². The molecule has 0 saturated carbocycles. The van der Waals surface area contributed by atoms with E-state index >= 15 is 0 Å². The normalized spacial score (nSPS) is 10.3. The van der Waals surface area contributed by atoms with E-state index in [0.717, 1.165) is 0 Å². The van der Waals surface area contributed by atoms with E-state index < -0.39 is 0 Å². The van der Waals surface area contributed by atoms with Gasteiger partial charge in [-0.1, -0.05) is 97.1 Å². The van der Waals surface area contributed by atoms with Crippen molar-refractivity contribution in [3.8, 4) is 0 Å². The van der Waals surface area contributed by atoms with E-state index in [9.17, 15) is 19.8 Å². The second-order valence-corrected chi connectivity index (χ2v) is 7.29. The third kappa shape index (κ3) is 10.6. The van der Waals surface area contributed by atoms with Crippen LogP contribution < -0.4 is 0 Å². The molecule has 0 saturated heterocycles. The van der Waals surface area contributed by atoms with Crippen LogP contribution >= 0.6 is 0 Å². The molecule has 0 spiro atoms. The summed E-state index contributed by atoms with van der Waals surface area (Å²) in [4.78, 5) is 19.7. The van der Waals surface area contributed by atoms with Gasteiger partial charge in [0.15, 0.2) is 0 Å². The van der Waals surface area contributed by atoms with Crippen LogP contribution in [0.5, 0.6) is 0 Å². The first-order valence-electron chi connectivity index (χ1n) is 10.7. The number of rotatable bonds is 6. The standard InChI is InChI=1S/2C15H12O2.2H2O.Ti/c2*16-14(12-7-3-1-4-8-12)11-15(17)13-9-5-2-6-10-13;;;/h2*1-11,16H;2*1H2;/b2*14-11-;;;. The predicted octanol–water partition coefficient (Wildman–Crippen LogP) is 6.00. The third-order valence-electron chi connectivity index (χ3n) is 4.83. The third-order valence-corrected chi connectivity index (χ3v) is 4.83. The molecule has 0 heterocycles. The molecule has 0 aliphatic rings. The fourth-order valence-electron chi connectivity index (χ4n) is 3.03. The minimum absolute atomic E-state index is 0. The van der Waals surface area contributed by atoms with Crippen molar-refractivity contribution < 1.29 is 52.5 Å². The van der Waals surface area contributed by atoms with Crippen LogP contribution in [0.1, 0.15) is 22.3 Å². The average Bonchev–Trinajstić information content (AvgIpc) is 2.91. The van der Waals surface area contributed by atoms with Crippen molar-refractivity contribution in [1.29, 1.82) is 0 Å². The van der Waals surface area contributed by atoms with Crippen LogP contribution in [-0.4, -0.2) is 42.3 Å². The summed E-state index contributed by atoms with van der Waals surface area (Å²) in [5.74, 6) is 0.192. The molecule has 0 fully saturated rings. The van der Waals surface area contributed by atoms with E-state index in [1.54, 1.807) is 48.5 Å².